The van der Waals surface area contributed by atoms with Crippen molar-refractivity contribution in [1.82, 2.24) is 4.98 Å². The Balaban J connectivity index is 1.82. The van der Waals surface area contributed by atoms with Gasteiger partial charge in [0.05, 0.1) is 10.3 Å². The van der Waals surface area contributed by atoms with Crippen LogP contribution >= 0.6 is 11.8 Å². The standard InChI is InChI=1S/C18H17NOS/c1-2-16(18(20)13-8-4-3-5-9-13)21-17-12-14-10-6-7-11-15(14)19-17/h3-12,16,19H,2H2,1H3. The summed E-state index contributed by atoms with van der Waals surface area (Å²) in [5.41, 5.74) is 1.90. The molecule has 0 amide bonds. The van der Waals surface area contributed by atoms with Crippen LogP contribution in [0.15, 0.2) is 65.7 Å². The third kappa shape index (κ3) is 3.03. The minimum absolute atomic E-state index is 0.0551. The summed E-state index contributed by atoms with van der Waals surface area (Å²) in [6.45, 7) is 2.06. The van der Waals surface area contributed by atoms with Crippen LogP contribution in [0.1, 0.15) is 23.7 Å². The molecule has 0 saturated carbocycles. The molecule has 21 heavy (non-hydrogen) atoms. The Labute approximate surface area is 128 Å². The number of Topliss-reactive ketones (excluding diaryl/α,β-unsaturated/α-hetero) is 1. The number of thioether (sulfide) groups is 1. The number of aromatic amines is 1. The van der Waals surface area contributed by atoms with Gasteiger partial charge in [-0.05, 0) is 18.6 Å². The lowest BCUT2D eigenvalue weighted by molar-refractivity contribution is 0.0988. The number of rotatable bonds is 5. The number of ketones is 1. The highest BCUT2D eigenvalue weighted by Gasteiger charge is 2.20. The molecule has 1 aromatic heterocycles. The average Bonchev–Trinajstić information content (AvgIpc) is 2.95. The van der Waals surface area contributed by atoms with Gasteiger partial charge in [-0.25, -0.2) is 0 Å². The predicted molar refractivity (Wildman–Crippen MR) is 89.0 cm³/mol. The van der Waals surface area contributed by atoms with E-state index in [1.54, 1.807) is 11.8 Å². The van der Waals surface area contributed by atoms with Gasteiger partial charge in [-0.2, -0.15) is 0 Å². The van der Waals surface area contributed by atoms with E-state index in [-0.39, 0.29) is 11.0 Å². The van der Waals surface area contributed by atoms with E-state index in [2.05, 4.69) is 30.1 Å². The molecule has 3 aromatic rings. The molecule has 3 rings (SSSR count). The lowest BCUT2D eigenvalue weighted by atomic mass is 10.1. The maximum absolute atomic E-state index is 12.6. The molecule has 1 unspecified atom stereocenters. The fourth-order valence-corrected chi connectivity index (χ4v) is 3.45. The molecule has 1 N–H and O–H groups in total. The average molecular weight is 295 g/mol. The van der Waals surface area contributed by atoms with Crippen molar-refractivity contribution in [2.24, 2.45) is 0 Å². The van der Waals surface area contributed by atoms with Crippen LogP contribution < -0.4 is 0 Å². The predicted octanol–water partition coefficient (Wildman–Crippen LogP) is 4.92. The normalized spacial score (nSPS) is 12.4. The largest absolute Gasteiger partial charge is 0.350 e. The minimum atomic E-state index is -0.0551. The second kappa shape index (κ2) is 6.19. The van der Waals surface area contributed by atoms with Crippen LogP contribution in [0.2, 0.25) is 0 Å². The van der Waals surface area contributed by atoms with Gasteiger partial charge in [-0.15, -0.1) is 0 Å². The van der Waals surface area contributed by atoms with Gasteiger partial charge in [0, 0.05) is 16.5 Å². The maximum atomic E-state index is 12.6. The van der Waals surface area contributed by atoms with E-state index in [9.17, 15) is 4.79 Å². The molecule has 0 aliphatic carbocycles. The first-order valence-corrected chi connectivity index (χ1v) is 7.99. The summed E-state index contributed by atoms with van der Waals surface area (Å²) in [5, 5.41) is 2.18. The van der Waals surface area contributed by atoms with Crippen LogP contribution in [0, 0.1) is 0 Å². The van der Waals surface area contributed by atoms with Crippen LogP contribution in [0.3, 0.4) is 0 Å². The zero-order chi connectivity index (χ0) is 14.7. The molecule has 0 bridgehead atoms. The van der Waals surface area contributed by atoms with E-state index >= 15 is 0 Å². The van der Waals surface area contributed by atoms with Gasteiger partial charge >= 0.3 is 0 Å². The number of fused-ring (bicyclic) bond motifs is 1. The molecule has 0 fully saturated rings. The van der Waals surface area contributed by atoms with Gasteiger partial charge in [0.2, 0.25) is 0 Å². The first-order valence-electron chi connectivity index (χ1n) is 7.11. The smallest absolute Gasteiger partial charge is 0.176 e. The van der Waals surface area contributed by atoms with E-state index in [1.807, 2.05) is 42.5 Å². The second-order valence-corrected chi connectivity index (χ2v) is 6.21. The number of carbonyl (C=O) groups excluding carboxylic acids is 1. The van der Waals surface area contributed by atoms with Gasteiger partial charge in [0.1, 0.15) is 0 Å². The molecule has 0 saturated heterocycles. The molecule has 0 spiro atoms. The van der Waals surface area contributed by atoms with Gasteiger partial charge in [-0.1, -0.05) is 67.2 Å². The van der Waals surface area contributed by atoms with E-state index in [0.29, 0.717) is 0 Å². The number of hydrogen-bond donors (Lipinski definition) is 1. The van der Waals surface area contributed by atoms with Crippen LogP contribution in [-0.2, 0) is 0 Å². The number of nitrogens with one attached hydrogen (secondary N) is 1. The van der Waals surface area contributed by atoms with Crippen molar-refractivity contribution < 1.29 is 4.79 Å². The van der Waals surface area contributed by atoms with Crippen LogP contribution in [0.5, 0.6) is 0 Å². The molecule has 0 aliphatic rings. The summed E-state index contributed by atoms with van der Waals surface area (Å²) < 4.78 is 0. The topological polar surface area (TPSA) is 32.9 Å². The second-order valence-electron chi connectivity index (χ2n) is 4.97. The van der Waals surface area contributed by atoms with E-state index in [1.165, 1.54) is 5.39 Å². The Hall–Kier alpha value is -2.00. The van der Waals surface area contributed by atoms with Crippen LogP contribution in [0.25, 0.3) is 10.9 Å². The van der Waals surface area contributed by atoms with E-state index in [0.717, 1.165) is 22.5 Å². The van der Waals surface area contributed by atoms with Crippen LogP contribution in [-0.4, -0.2) is 16.0 Å². The van der Waals surface area contributed by atoms with Crippen molar-refractivity contribution in [2.45, 2.75) is 23.6 Å². The third-order valence-corrected chi connectivity index (χ3v) is 4.80. The van der Waals surface area contributed by atoms with Gasteiger partial charge in [0.15, 0.2) is 5.78 Å². The molecule has 106 valence electrons. The maximum Gasteiger partial charge on any atom is 0.176 e. The zero-order valence-electron chi connectivity index (χ0n) is 11.9. The summed E-state index contributed by atoms with van der Waals surface area (Å²) in [6.07, 6.45) is 0.813. The number of aromatic nitrogens is 1. The molecular weight excluding hydrogens is 278 g/mol. The molecule has 1 heterocycles. The summed E-state index contributed by atoms with van der Waals surface area (Å²) in [4.78, 5) is 15.9. The molecule has 2 aromatic carbocycles. The first-order chi connectivity index (χ1) is 10.3. The fourth-order valence-electron chi connectivity index (χ4n) is 2.37. The van der Waals surface area contributed by atoms with E-state index < -0.39 is 0 Å². The molecule has 0 radical (unpaired) electrons. The summed E-state index contributed by atoms with van der Waals surface area (Å²) in [6, 6.07) is 19.8. The van der Waals surface area contributed by atoms with Crippen LogP contribution in [0.4, 0.5) is 0 Å². The number of para-hydroxylation sites is 1. The Morgan fingerprint density at radius 3 is 2.52 bits per heavy atom. The quantitative estimate of drug-likeness (QED) is 0.535. The summed E-state index contributed by atoms with van der Waals surface area (Å²) in [7, 11) is 0. The first kappa shape index (κ1) is 14.0. The highest BCUT2D eigenvalue weighted by atomic mass is 32.2. The highest BCUT2D eigenvalue weighted by Crippen LogP contribution is 2.30. The van der Waals surface area contributed by atoms with Crippen molar-refractivity contribution in [1.29, 1.82) is 0 Å². The van der Waals surface area contributed by atoms with Gasteiger partial charge < -0.3 is 4.98 Å². The summed E-state index contributed by atoms with van der Waals surface area (Å²) >= 11 is 1.61. The third-order valence-electron chi connectivity index (χ3n) is 3.50. The SMILES string of the molecule is CCC(Sc1cc2ccccc2[nH]1)C(=O)c1ccccc1. The number of carbonyl (C=O) groups is 1. The van der Waals surface area contributed by atoms with Gasteiger partial charge in [0.25, 0.3) is 0 Å². The summed E-state index contributed by atoms with van der Waals surface area (Å²) in [5.74, 6) is 0.196. The molecule has 3 heteroatoms. The number of hydrogen-bond acceptors (Lipinski definition) is 2. The number of H-pyrrole nitrogens is 1. The molecular formula is C18H17NOS. The van der Waals surface area contributed by atoms with Crippen molar-refractivity contribution in [3.63, 3.8) is 0 Å². The highest BCUT2D eigenvalue weighted by molar-refractivity contribution is 8.00. The Morgan fingerprint density at radius 1 is 1.10 bits per heavy atom. The lowest BCUT2D eigenvalue weighted by Gasteiger charge is -2.12. The van der Waals surface area contributed by atoms with Crippen molar-refractivity contribution >= 4 is 28.4 Å². The Morgan fingerprint density at radius 2 is 1.81 bits per heavy atom. The zero-order valence-corrected chi connectivity index (χ0v) is 12.7. The van der Waals surface area contributed by atoms with E-state index in [4.69, 9.17) is 0 Å². The van der Waals surface area contributed by atoms with Crippen molar-refractivity contribution in [2.75, 3.05) is 0 Å². The molecule has 2 nitrogen and oxygen atoms in total. The van der Waals surface area contributed by atoms with Gasteiger partial charge in [-0.3, -0.25) is 4.79 Å². The molecule has 1 atom stereocenters. The molecule has 0 aliphatic heterocycles. The Kier molecular flexibility index (Phi) is 4.11. The Bertz CT molecular complexity index is 715. The van der Waals surface area contributed by atoms with Crippen molar-refractivity contribution in [3.8, 4) is 0 Å². The lowest BCUT2D eigenvalue weighted by Crippen LogP contribution is -2.16. The fraction of sp³-hybridized carbons (Fsp3) is 0.167. The monoisotopic (exact) mass is 295 g/mol. The van der Waals surface area contributed by atoms with Crippen molar-refractivity contribution in [3.05, 3.63) is 66.2 Å². The minimum Gasteiger partial charge on any atom is -0.350 e. The number of benzene rings is 2.